The van der Waals surface area contributed by atoms with Crippen LogP contribution in [-0.2, 0) is 11.4 Å². The van der Waals surface area contributed by atoms with E-state index in [1.807, 2.05) is 37.3 Å². The van der Waals surface area contributed by atoms with Crippen LogP contribution in [0.25, 0.3) is 0 Å². The van der Waals surface area contributed by atoms with Gasteiger partial charge in [-0.25, -0.2) is 0 Å². The molecule has 0 heterocycles. The standard InChI is InChI=1S/C23H21ClN2O4/c1-16-13-20(11-12-21(16)24)30-15-22(27)25-26-23(28)18-7-9-19(10-8-18)29-14-17-5-3-2-4-6-17/h2-13H,14-15H2,1H3,(H,25,27)(H,26,28). The molecule has 0 aliphatic heterocycles. The Bertz CT molecular complexity index is 1010. The number of aryl methyl sites for hydroxylation is 1. The minimum Gasteiger partial charge on any atom is -0.489 e. The van der Waals surface area contributed by atoms with E-state index in [-0.39, 0.29) is 6.61 Å². The minimum atomic E-state index is -0.487. The predicted molar refractivity (Wildman–Crippen MR) is 115 cm³/mol. The SMILES string of the molecule is Cc1cc(OCC(=O)NNC(=O)c2ccc(OCc3ccccc3)cc2)ccc1Cl. The van der Waals surface area contributed by atoms with Crippen LogP contribution in [0.4, 0.5) is 0 Å². The average molecular weight is 425 g/mol. The first-order valence-electron chi connectivity index (χ1n) is 9.26. The molecule has 0 saturated heterocycles. The topological polar surface area (TPSA) is 76.7 Å². The second kappa shape index (κ2) is 10.3. The van der Waals surface area contributed by atoms with Crippen LogP contribution in [0.5, 0.6) is 11.5 Å². The van der Waals surface area contributed by atoms with Gasteiger partial charge in [-0.2, -0.15) is 0 Å². The Morgan fingerprint density at radius 3 is 2.27 bits per heavy atom. The highest BCUT2D eigenvalue weighted by atomic mass is 35.5. The maximum Gasteiger partial charge on any atom is 0.276 e. The first-order chi connectivity index (χ1) is 14.5. The van der Waals surface area contributed by atoms with Crippen molar-refractivity contribution in [1.82, 2.24) is 10.9 Å². The van der Waals surface area contributed by atoms with Gasteiger partial charge in [-0.1, -0.05) is 41.9 Å². The summed E-state index contributed by atoms with van der Waals surface area (Å²) in [5, 5.41) is 0.621. The second-order valence-corrected chi connectivity index (χ2v) is 6.91. The number of hydrazine groups is 1. The molecule has 3 aromatic rings. The van der Waals surface area contributed by atoms with Crippen molar-refractivity contribution in [1.29, 1.82) is 0 Å². The Hall–Kier alpha value is -3.51. The maximum atomic E-state index is 12.2. The summed E-state index contributed by atoms with van der Waals surface area (Å²) in [6.45, 7) is 2.04. The van der Waals surface area contributed by atoms with Crippen molar-refractivity contribution in [3.8, 4) is 11.5 Å². The number of amides is 2. The number of rotatable bonds is 7. The molecule has 0 bridgehead atoms. The fourth-order valence-corrected chi connectivity index (χ4v) is 2.65. The Morgan fingerprint density at radius 1 is 0.867 bits per heavy atom. The summed E-state index contributed by atoms with van der Waals surface area (Å²) < 4.78 is 11.1. The molecule has 2 amide bonds. The summed E-state index contributed by atoms with van der Waals surface area (Å²) in [7, 11) is 0. The van der Waals surface area contributed by atoms with Gasteiger partial charge in [0.05, 0.1) is 0 Å². The van der Waals surface area contributed by atoms with Gasteiger partial charge in [0.1, 0.15) is 18.1 Å². The van der Waals surface area contributed by atoms with Crippen LogP contribution in [0.2, 0.25) is 5.02 Å². The molecule has 0 aliphatic rings. The molecule has 3 aromatic carbocycles. The number of benzene rings is 3. The van der Waals surface area contributed by atoms with E-state index in [0.29, 0.717) is 28.7 Å². The van der Waals surface area contributed by atoms with Gasteiger partial charge in [-0.15, -0.1) is 0 Å². The fraction of sp³-hybridized carbons (Fsp3) is 0.130. The average Bonchev–Trinajstić information content (AvgIpc) is 2.78. The van der Waals surface area contributed by atoms with E-state index in [1.165, 1.54) is 0 Å². The number of carbonyl (C=O) groups excluding carboxylic acids is 2. The van der Waals surface area contributed by atoms with Crippen molar-refractivity contribution in [3.05, 3.63) is 94.5 Å². The summed E-state index contributed by atoms with van der Waals surface area (Å²) in [6.07, 6.45) is 0. The number of hydrogen-bond donors (Lipinski definition) is 2. The smallest absolute Gasteiger partial charge is 0.276 e. The molecular weight excluding hydrogens is 404 g/mol. The first-order valence-corrected chi connectivity index (χ1v) is 9.64. The molecular formula is C23H21ClN2O4. The van der Waals surface area contributed by atoms with Crippen molar-refractivity contribution < 1.29 is 19.1 Å². The number of nitrogens with one attached hydrogen (secondary N) is 2. The molecule has 3 rings (SSSR count). The lowest BCUT2D eigenvalue weighted by molar-refractivity contribution is -0.123. The van der Waals surface area contributed by atoms with Crippen molar-refractivity contribution >= 4 is 23.4 Å². The highest BCUT2D eigenvalue weighted by Crippen LogP contribution is 2.20. The van der Waals surface area contributed by atoms with Gasteiger partial charge in [0.25, 0.3) is 11.8 Å². The van der Waals surface area contributed by atoms with Crippen molar-refractivity contribution in [2.45, 2.75) is 13.5 Å². The Morgan fingerprint density at radius 2 is 1.57 bits per heavy atom. The molecule has 2 N–H and O–H groups in total. The Labute approximate surface area is 179 Å². The molecule has 0 aromatic heterocycles. The van der Waals surface area contributed by atoms with Gasteiger partial charge in [0.15, 0.2) is 6.61 Å². The number of ether oxygens (including phenoxy) is 2. The summed E-state index contributed by atoms with van der Waals surface area (Å²) in [5.41, 5.74) is 6.96. The van der Waals surface area contributed by atoms with E-state index >= 15 is 0 Å². The largest absolute Gasteiger partial charge is 0.489 e. The van der Waals surface area contributed by atoms with Crippen LogP contribution in [0.1, 0.15) is 21.5 Å². The van der Waals surface area contributed by atoms with Gasteiger partial charge in [0, 0.05) is 10.6 Å². The van der Waals surface area contributed by atoms with E-state index in [4.69, 9.17) is 21.1 Å². The van der Waals surface area contributed by atoms with Gasteiger partial charge in [-0.05, 0) is 60.5 Å². The number of hydrogen-bond acceptors (Lipinski definition) is 4. The molecule has 0 unspecified atom stereocenters. The molecule has 0 spiro atoms. The van der Waals surface area contributed by atoms with E-state index in [0.717, 1.165) is 11.1 Å². The second-order valence-electron chi connectivity index (χ2n) is 6.50. The molecule has 154 valence electrons. The summed E-state index contributed by atoms with van der Waals surface area (Å²) in [6, 6.07) is 21.5. The highest BCUT2D eigenvalue weighted by Gasteiger charge is 2.09. The third-order valence-corrected chi connectivity index (χ3v) is 4.60. The van der Waals surface area contributed by atoms with Crippen LogP contribution in [0.15, 0.2) is 72.8 Å². The van der Waals surface area contributed by atoms with Crippen molar-refractivity contribution in [2.24, 2.45) is 0 Å². The van der Waals surface area contributed by atoms with Crippen LogP contribution in [0, 0.1) is 6.92 Å². The van der Waals surface area contributed by atoms with Gasteiger partial charge in [-0.3, -0.25) is 20.4 Å². The molecule has 0 atom stereocenters. The zero-order valence-corrected chi connectivity index (χ0v) is 17.1. The zero-order chi connectivity index (χ0) is 21.3. The van der Waals surface area contributed by atoms with Gasteiger partial charge < -0.3 is 9.47 Å². The molecule has 6 nitrogen and oxygen atoms in total. The minimum absolute atomic E-state index is 0.242. The summed E-state index contributed by atoms with van der Waals surface area (Å²) >= 11 is 5.95. The third kappa shape index (κ3) is 6.25. The van der Waals surface area contributed by atoms with Crippen LogP contribution in [0.3, 0.4) is 0 Å². The van der Waals surface area contributed by atoms with Gasteiger partial charge >= 0.3 is 0 Å². The van der Waals surface area contributed by atoms with E-state index in [2.05, 4.69) is 10.9 Å². The van der Waals surface area contributed by atoms with Crippen molar-refractivity contribution in [2.75, 3.05) is 6.61 Å². The lowest BCUT2D eigenvalue weighted by Crippen LogP contribution is -2.43. The zero-order valence-electron chi connectivity index (χ0n) is 16.4. The third-order valence-electron chi connectivity index (χ3n) is 4.18. The summed E-state index contributed by atoms with van der Waals surface area (Å²) in [5.74, 6) is 0.231. The molecule has 7 heteroatoms. The lowest BCUT2D eigenvalue weighted by atomic mass is 10.2. The van der Waals surface area contributed by atoms with Gasteiger partial charge in [0.2, 0.25) is 0 Å². The molecule has 0 aliphatic carbocycles. The molecule has 0 fully saturated rings. The Balaban J connectivity index is 1.42. The monoisotopic (exact) mass is 424 g/mol. The molecule has 0 radical (unpaired) electrons. The number of carbonyl (C=O) groups is 2. The fourth-order valence-electron chi connectivity index (χ4n) is 2.53. The van der Waals surface area contributed by atoms with Crippen LogP contribution in [-0.4, -0.2) is 18.4 Å². The molecule has 0 saturated carbocycles. The predicted octanol–water partition coefficient (Wildman–Crippen LogP) is 4.07. The Kier molecular flexibility index (Phi) is 7.29. The first kappa shape index (κ1) is 21.2. The van der Waals surface area contributed by atoms with Crippen LogP contribution < -0.4 is 20.3 Å². The van der Waals surface area contributed by atoms with E-state index in [9.17, 15) is 9.59 Å². The summed E-state index contributed by atoms with van der Waals surface area (Å²) in [4.78, 5) is 24.1. The lowest BCUT2D eigenvalue weighted by Gasteiger charge is -2.10. The van der Waals surface area contributed by atoms with E-state index in [1.54, 1.807) is 42.5 Å². The highest BCUT2D eigenvalue weighted by molar-refractivity contribution is 6.31. The molecule has 30 heavy (non-hydrogen) atoms. The van der Waals surface area contributed by atoms with E-state index < -0.39 is 11.8 Å². The van der Waals surface area contributed by atoms with Crippen LogP contribution >= 0.6 is 11.6 Å². The van der Waals surface area contributed by atoms with Crippen molar-refractivity contribution in [3.63, 3.8) is 0 Å². The number of halogens is 1. The maximum absolute atomic E-state index is 12.2. The quantitative estimate of drug-likeness (QED) is 0.560. The normalized spacial score (nSPS) is 10.2.